The van der Waals surface area contributed by atoms with Crippen LogP contribution in [0.2, 0.25) is 0 Å². The van der Waals surface area contributed by atoms with Crippen molar-refractivity contribution in [3.05, 3.63) is 46.3 Å². The zero-order valence-corrected chi connectivity index (χ0v) is 15.5. The molecule has 0 spiro atoms. The van der Waals surface area contributed by atoms with E-state index in [2.05, 4.69) is 4.98 Å². The van der Waals surface area contributed by atoms with Gasteiger partial charge in [-0.1, -0.05) is 23.5 Å². The lowest BCUT2D eigenvalue weighted by Crippen LogP contribution is -2.18. The maximum Gasteiger partial charge on any atom is 0.305 e. The van der Waals surface area contributed by atoms with Crippen molar-refractivity contribution in [2.75, 3.05) is 18.2 Å². The van der Waals surface area contributed by atoms with E-state index in [1.807, 2.05) is 35.9 Å². The molecule has 0 saturated heterocycles. The van der Waals surface area contributed by atoms with Gasteiger partial charge in [-0.15, -0.1) is 0 Å². The van der Waals surface area contributed by atoms with Gasteiger partial charge in [0.15, 0.2) is 14.8 Å². The van der Waals surface area contributed by atoms with Gasteiger partial charge in [0.2, 0.25) is 0 Å². The van der Waals surface area contributed by atoms with E-state index in [9.17, 15) is 18.5 Å². The number of fused-ring (bicyclic) bond motifs is 1. The van der Waals surface area contributed by atoms with Gasteiger partial charge in [-0.05, 0) is 12.1 Å². The minimum absolute atomic E-state index is 0.0222. The van der Waals surface area contributed by atoms with E-state index < -0.39 is 14.8 Å². The fourth-order valence-electron chi connectivity index (χ4n) is 2.56. The SMILES string of the molecule is CN(Cc1nc2ccccc2n1C)c1sc(S(C)(=O)=O)cc1[N+](=O)[O-]. The number of para-hydroxylation sites is 2. The van der Waals surface area contributed by atoms with Crippen LogP contribution in [0.3, 0.4) is 0 Å². The first-order valence-corrected chi connectivity index (χ1v) is 9.99. The van der Waals surface area contributed by atoms with Gasteiger partial charge in [0.1, 0.15) is 10.0 Å². The number of thiophene rings is 1. The number of imidazole rings is 1. The number of benzene rings is 1. The van der Waals surface area contributed by atoms with Gasteiger partial charge in [-0.2, -0.15) is 0 Å². The van der Waals surface area contributed by atoms with Crippen molar-refractivity contribution >= 4 is 42.9 Å². The van der Waals surface area contributed by atoms with Crippen molar-refractivity contribution in [1.29, 1.82) is 0 Å². The molecule has 2 heterocycles. The summed E-state index contributed by atoms with van der Waals surface area (Å²) in [5.41, 5.74) is 1.58. The normalized spacial score (nSPS) is 11.8. The number of aryl methyl sites for hydroxylation is 1. The highest BCUT2D eigenvalue weighted by Crippen LogP contribution is 2.39. The molecule has 0 fully saturated rings. The Balaban J connectivity index is 2.00. The Kier molecular flexibility index (Phi) is 4.25. The minimum Gasteiger partial charge on any atom is -0.353 e. The second kappa shape index (κ2) is 6.12. The van der Waals surface area contributed by atoms with E-state index in [1.54, 1.807) is 11.9 Å². The van der Waals surface area contributed by atoms with Gasteiger partial charge >= 0.3 is 5.69 Å². The average Bonchev–Trinajstić information content (AvgIpc) is 3.10. The summed E-state index contributed by atoms with van der Waals surface area (Å²) in [5.74, 6) is 0.729. The summed E-state index contributed by atoms with van der Waals surface area (Å²) >= 11 is 0.894. The molecule has 2 aromatic heterocycles. The van der Waals surface area contributed by atoms with Crippen molar-refractivity contribution in [2.45, 2.75) is 10.8 Å². The molecule has 0 aliphatic carbocycles. The zero-order valence-electron chi connectivity index (χ0n) is 13.8. The number of nitrogens with zero attached hydrogens (tertiary/aromatic N) is 4. The van der Waals surface area contributed by atoms with E-state index in [0.717, 1.165) is 40.5 Å². The van der Waals surface area contributed by atoms with E-state index in [1.165, 1.54) is 0 Å². The van der Waals surface area contributed by atoms with Crippen molar-refractivity contribution < 1.29 is 13.3 Å². The lowest BCUT2D eigenvalue weighted by Gasteiger charge is -2.16. The fraction of sp³-hybridized carbons (Fsp3) is 0.267. The molecule has 0 atom stereocenters. The summed E-state index contributed by atoms with van der Waals surface area (Å²) in [6, 6.07) is 8.77. The van der Waals surface area contributed by atoms with Gasteiger partial charge in [0.25, 0.3) is 0 Å². The Hall–Kier alpha value is -2.46. The third-order valence-electron chi connectivity index (χ3n) is 3.84. The summed E-state index contributed by atoms with van der Waals surface area (Å²) in [7, 11) is 0.0565. The molecular weight excluding hydrogens is 364 g/mol. The topological polar surface area (TPSA) is 98.3 Å². The lowest BCUT2D eigenvalue weighted by atomic mass is 10.3. The van der Waals surface area contributed by atoms with Crippen LogP contribution in [-0.4, -0.2) is 36.2 Å². The van der Waals surface area contributed by atoms with Crippen LogP contribution in [0.1, 0.15) is 5.82 Å². The zero-order chi connectivity index (χ0) is 18.4. The monoisotopic (exact) mass is 380 g/mol. The van der Waals surface area contributed by atoms with Crippen molar-refractivity contribution in [1.82, 2.24) is 9.55 Å². The summed E-state index contributed by atoms with van der Waals surface area (Å²) in [4.78, 5) is 16.9. The van der Waals surface area contributed by atoms with Crippen LogP contribution in [0.25, 0.3) is 11.0 Å². The molecule has 0 saturated carbocycles. The molecule has 3 rings (SSSR count). The number of hydrogen-bond acceptors (Lipinski definition) is 7. The summed E-state index contributed by atoms with van der Waals surface area (Å²) in [5, 5.41) is 11.6. The number of sulfone groups is 1. The first-order chi connectivity index (χ1) is 11.7. The molecule has 8 nitrogen and oxygen atoms in total. The number of aromatic nitrogens is 2. The van der Waals surface area contributed by atoms with Crippen LogP contribution in [0.5, 0.6) is 0 Å². The third kappa shape index (κ3) is 3.22. The third-order valence-corrected chi connectivity index (χ3v) is 6.88. The fourth-order valence-corrected chi connectivity index (χ4v) is 4.55. The van der Waals surface area contributed by atoms with Gasteiger partial charge in [-0.25, -0.2) is 13.4 Å². The molecule has 10 heteroatoms. The van der Waals surface area contributed by atoms with Crippen molar-refractivity contribution in [2.24, 2.45) is 7.05 Å². The highest BCUT2D eigenvalue weighted by Gasteiger charge is 2.26. The van der Waals surface area contributed by atoms with Crippen molar-refractivity contribution in [3.8, 4) is 0 Å². The van der Waals surface area contributed by atoms with Crippen molar-refractivity contribution in [3.63, 3.8) is 0 Å². The summed E-state index contributed by atoms with van der Waals surface area (Å²) in [6.07, 6.45) is 1.04. The molecule has 0 bridgehead atoms. The Morgan fingerprint density at radius 1 is 1.36 bits per heavy atom. The number of rotatable bonds is 5. The standard InChI is InChI=1S/C15H16N4O4S2/c1-17(9-13-16-10-6-4-5-7-11(10)18(13)2)15-12(19(20)21)8-14(24-15)25(3,22)23/h4-8H,9H2,1-3H3. The molecule has 0 aliphatic heterocycles. The lowest BCUT2D eigenvalue weighted by molar-refractivity contribution is -0.383. The predicted octanol–water partition coefficient (Wildman–Crippen LogP) is 2.58. The maximum absolute atomic E-state index is 11.7. The first kappa shape index (κ1) is 17.4. The van der Waals surface area contributed by atoms with Gasteiger partial charge in [0.05, 0.1) is 22.5 Å². The maximum atomic E-state index is 11.7. The molecule has 0 amide bonds. The Morgan fingerprint density at radius 3 is 2.64 bits per heavy atom. The highest BCUT2D eigenvalue weighted by molar-refractivity contribution is 7.92. The Bertz CT molecular complexity index is 1070. The largest absolute Gasteiger partial charge is 0.353 e. The predicted molar refractivity (Wildman–Crippen MR) is 96.9 cm³/mol. The van der Waals surface area contributed by atoms with Crippen LogP contribution >= 0.6 is 11.3 Å². The molecule has 0 N–H and O–H groups in total. The molecule has 0 aliphatic rings. The van der Waals surface area contributed by atoms with Gasteiger partial charge in [-0.3, -0.25) is 10.1 Å². The average molecular weight is 380 g/mol. The second-order valence-corrected chi connectivity index (χ2v) is 8.99. The summed E-state index contributed by atoms with van der Waals surface area (Å²) < 4.78 is 25.3. The second-order valence-electron chi connectivity index (χ2n) is 5.72. The van der Waals surface area contributed by atoms with E-state index in [4.69, 9.17) is 0 Å². The highest BCUT2D eigenvalue weighted by atomic mass is 32.2. The smallest absolute Gasteiger partial charge is 0.305 e. The van der Waals surface area contributed by atoms with Crippen LogP contribution in [0.4, 0.5) is 10.7 Å². The van der Waals surface area contributed by atoms with E-state index in [0.29, 0.717) is 6.54 Å². The van der Waals surface area contributed by atoms with E-state index in [-0.39, 0.29) is 14.9 Å². The molecule has 3 aromatic rings. The Morgan fingerprint density at radius 2 is 2.04 bits per heavy atom. The molecule has 0 unspecified atom stereocenters. The van der Waals surface area contributed by atoms with Crippen LogP contribution < -0.4 is 4.90 Å². The minimum atomic E-state index is -3.51. The van der Waals surface area contributed by atoms with Gasteiger partial charge < -0.3 is 9.47 Å². The summed E-state index contributed by atoms with van der Waals surface area (Å²) in [6.45, 7) is 0.315. The van der Waals surface area contributed by atoms with Crippen LogP contribution in [0, 0.1) is 10.1 Å². The molecule has 1 aromatic carbocycles. The number of nitro groups is 1. The van der Waals surface area contributed by atoms with Crippen LogP contribution in [-0.2, 0) is 23.4 Å². The van der Waals surface area contributed by atoms with Gasteiger partial charge in [0, 0.05) is 26.4 Å². The van der Waals surface area contributed by atoms with E-state index >= 15 is 0 Å². The van der Waals surface area contributed by atoms with Crippen LogP contribution in [0.15, 0.2) is 34.5 Å². The first-order valence-electron chi connectivity index (χ1n) is 7.28. The molecule has 132 valence electrons. The quantitative estimate of drug-likeness (QED) is 0.498. The molecule has 0 radical (unpaired) electrons. The molecular formula is C15H16N4O4S2. The Labute approximate surface area is 148 Å². The molecule has 25 heavy (non-hydrogen) atoms. The number of anilines is 1. The number of hydrogen-bond donors (Lipinski definition) is 0.